The second-order valence-electron chi connectivity index (χ2n) is 6.53. The summed E-state index contributed by atoms with van der Waals surface area (Å²) in [5, 5.41) is 10.1. The number of alkyl halides is 3. The van der Waals surface area contributed by atoms with Crippen molar-refractivity contribution >= 4 is 5.78 Å². The largest absolute Gasteiger partial charge is 0.493 e. The van der Waals surface area contributed by atoms with Gasteiger partial charge in [-0.3, -0.25) is 4.79 Å². The van der Waals surface area contributed by atoms with Crippen LogP contribution in [0.15, 0.2) is 18.2 Å². The van der Waals surface area contributed by atoms with E-state index in [1.807, 2.05) is 0 Å². The molecule has 1 saturated heterocycles. The second-order valence-corrected chi connectivity index (χ2v) is 6.53. The number of likely N-dealkylation sites (tertiary alicyclic amines) is 1. The fourth-order valence-electron chi connectivity index (χ4n) is 3.03. The van der Waals surface area contributed by atoms with Crippen LogP contribution in [0.25, 0.3) is 0 Å². The fraction of sp³-hybridized carbons (Fsp3) is 0.611. The molecule has 1 heterocycles. The van der Waals surface area contributed by atoms with Crippen molar-refractivity contribution in [3.05, 3.63) is 23.8 Å². The number of nitrogens with zero attached hydrogens (tertiary/aromatic N) is 1. The SMILES string of the molecule is COc1cc(C(C)=O)ccc1OC[C@@H](O)CN1CCC[C@@H](C(F)(F)F)C1. The first-order valence-corrected chi connectivity index (χ1v) is 8.49. The highest BCUT2D eigenvalue weighted by Gasteiger charge is 2.41. The van der Waals surface area contributed by atoms with Crippen LogP contribution in [0.4, 0.5) is 13.2 Å². The van der Waals surface area contributed by atoms with Crippen LogP contribution in [0.2, 0.25) is 0 Å². The highest BCUT2D eigenvalue weighted by atomic mass is 19.4. The van der Waals surface area contributed by atoms with Crippen molar-refractivity contribution in [1.82, 2.24) is 4.90 Å². The maximum atomic E-state index is 12.8. The Morgan fingerprint density at radius 2 is 2.12 bits per heavy atom. The Morgan fingerprint density at radius 3 is 2.73 bits per heavy atom. The monoisotopic (exact) mass is 375 g/mol. The van der Waals surface area contributed by atoms with Crippen molar-refractivity contribution < 1.29 is 32.5 Å². The molecule has 2 atom stereocenters. The van der Waals surface area contributed by atoms with Gasteiger partial charge in [0.15, 0.2) is 17.3 Å². The van der Waals surface area contributed by atoms with Gasteiger partial charge in [-0.05, 0) is 44.5 Å². The van der Waals surface area contributed by atoms with Crippen LogP contribution in [-0.2, 0) is 0 Å². The third kappa shape index (κ3) is 5.60. The predicted molar refractivity (Wildman–Crippen MR) is 89.7 cm³/mol. The Balaban J connectivity index is 1.88. The minimum atomic E-state index is -4.20. The lowest BCUT2D eigenvalue weighted by Crippen LogP contribution is -2.45. The summed E-state index contributed by atoms with van der Waals surface area (Å²) in [4.78, 5) is 13.0. The zero-order valence-corrected chi connectivity index (χ0v) is 14.9. The summed E-state index contributed by atoms with van der Waals surface area (Å²) in [6.07, 6.45) is -4.55. The summed E-state index contributed by atoms with van der Waals surface area (Å²) in [5.74, 6) is -0.730. The molecule has 1 aromatic carbocycles. The van der Waals surface area contributed by atoms with Gasteiger partial charge in [0.1, 0.15) is 12.7 Å². The summed E-state index contributed by atoms with van der Waals surface area (Å²) < 4.78 is 49.2. The number of hydrogen-bond donors (Lipinski definition) is 1. The molecule has 0 saturated carbocycles. The summed E-state index contributed by atoms with van der Waals surface area (Å²) in [7, 11) is 1.44. The van der Waals surface area contributed by atoms with Crippen LogP contribution < -0.4 is 9.47 Å². The molecular formula is C18H24F3NO4. The van der Waals surface area contributed by atoms with Crippen molar-refractivity contribution in [1.29, 1.82) is 0 Å². The third-order valence-corrected chi connectivity index (χ3v) is 4.44. The summed E-state index contributed by atoms with van der Waals surface area (Å²) in [5.41, 5.74) is 0.473. The van der Waals surface area contributed by atoms with Gasteiger partial charge in [-0.15, -0.1) is 0 Å². The summed E-state index contributed by atoms with van der Waals surface area (Å²) in [6.45, 7) is 1.90. The molecular weight excluding hydrogens is 351 g/mol. The van der Waals surface area contributed by atoms with Crippen LogP contribution in [0, 0.1) is 5.92 Å². The van der Waals surface area contributed by atoms with Crippen molar-refractivity contribution in [2.45, 2.75) is 32.0 Å². The molecule has 1 aliphatic rings. The molecule has 1 N–H and O–H groups in total. The molecule has 0 bridgehead atoms. The number of aliphatic hydroxyl groups excluding tert-OH is 1. The first-order valence-electron chi connectivity index (χ1n) is 8.49. The fourth-order valence-corrected chi connectivity index (χ4v) is 3.03. The van der Waals surface area contributed by atoms with Gasteiger partial charge in [0.25, 0.3) is 0 Å². The standard InChI is InChI=1S/C18H24F3NO4/c1-12(23)13-5-6-16(17(8-13)25-2)26-11-15(24)10-22-7-3-4-14(9-22)18(19,20)21/h5-6,8,14-15,24H,3-4,7,9-11H2,1-2H3/t14-,15+/m1/s1. The van der Waals surface area contributed by atoms with Gasteiger partial charge in [-0.1, -0.05) is 0 Å². The lowest BCUT2D eigenvalue weighted by atomic mass is 9.97. The van der Waals surface area contributed by atoms with Gasteiger partial charge in [-0.25, -0.2) is 0 Å². The Labute approximate surface area is 150 Å². The smallest absolute Gasteiger partial charge is 0.393 e. The third-order valence-electron chi connectivity index (χ3n) is 4.44. The molecule has 0 aliphatic carbocycles. The van der Waals surface area contributed by atoms with Gasteiger partial charge >= 0.3 is 6.18 Å². The number of benzene rings is 1. The Morgan fingerprint density at radius 1 is 1.38 bits per heavy atom. The van der Waals surface area contributed by atoms with E-state index in [1.54, 1.807) is 23.1 Å². The number of halogens is 3. The minimum absolute atomic E-state index is 0.0804. The van der Waals surface area contributed by atoms with E-state index < -0.39 is 18.2 Å². The van der Waals surface area contributed by atoms with E-state index >= 15 is 0 Å². The molecule has 0 unspecified atom stereocenters. The number of Topliss-reactive ketones (excluding diaryl/α,β-unsaturated/α-hetero) is 1. The van der Waals surface area contributed by atoms with E-state index in [9.17, 15) is 23.1 Å². The number of methoxy groups -OCH3 is 1. The number of hydrogen-bond acceptors (Lipinski definition) is 5. The topological polar surface area (TPSA) is 59.0 Å². The molecule has 1 aromatic rings. The number of aliphatic hydroxyl groups is 1. The van der Waals surface area contributed by atoms with Crippen molar-refractivity contribution in [3.8, 4) is 11.5 Å². The Kier molecular flexibility index (Phi) is 6.88. The van der Waals surface area contributed by atoms with Gasteiger partial charge < -0.3 is 19.5 Å². The maximum Gasteiger partial charge on any atom is 0.393 e. The van der Waals surface area contributed by atoms with Gasteiger partial charge in [0.2, 0.25) is 0 Å². The average molecular weight is 375 g/mol. The van der Waals surface area contributed by atoms with Crippen molar-refractivity contribution in [2.75, 3.05) is 33.4 Å². The number of β-amino-alcohol motifs (C(OH)–C–C–N with tert-alkyl or cyclic N) is 1. The Bertz CT molecular complexity index is 621. The molecule has 2 rings (SSSR count). The zero-order chi connectivity index (χ0) is 19.3. The van der Waals surface area contributed by atoms with E-state index in [2.05, 4.69) is 0 Å². The quantitative estimate of drug-likeness (QED) is 0.743. The molecule has 1 fully saturated rings. The van der Waals surface area contributed by atoms with Crippen LogP contribution in [0.3, 0.4) is 0 Å². The predicted octanol–water partition coefficient (Wildman–Crippen LogP) is 2.91. The van der Waals surface area contributed by atoms with Crippen LogP contribution >= 0.6 is 0 Å². The van der Waals surface area contributed by atoms with Crippen LogP contribution in [0.1, 0.15) is 30.1 Å². The highest BCUT2D eigenvalue weighted by Crippen LogP contribution is 2.33. The number of ether oxygens (including phenoxy) is 2. The first kappa shape index (κ1) is 20.5. The van der Waals surface area contributed by atoms with Crippen molar-refractivity contribution in [3.63, 3.8) is 0 Å². The molecule has 0 amide bonds. The minimum Gasteiger partial charge on any atom is -0.493 e. The lowest BCUT2D eigenvalue weighted by Gasteiger charge is -2.34. The summed E-state index contributed by atoms with van der Waals surface area (Å²) >= 11 is 0. The van der Waals surface area contributed by atoms with Crippen molar-refractivity contribution in [2.24, 2.45) is 5.92 Å². The molecule has 5 nitrogen and oxygen atoms in total. The van der Waals surface area contributed by atoms with E-state index in [0.29, 0.717) is 30.0 Å². The van der Waals surface area contributed by atoms with E-state index in [0.717, 1.165) is 0 Å². The molecule has 146 valence electrons. The van der Waals surface area contributed by atoms with E-state index in [4.69, 9.17) is 9.47 Å². The molecule has 0 aromatic heterocycles. The molecule has 1 aliphatic heterocycles. The zero-order valence-electron chi connectivity index (χ0n) is 14.9. The highest BCUT2D eigenvalue weighted by molar-refractivity contribution is 5.94. The molecule has 26 heavy (non-hydrogen) atoms. The second kappa shape index (κ2) is 8.73. The first-order chi connectivity index (χ1) is 12.2. The number of piperidine rings is 1. The van der Waals surface area contributed by atoms with E-state index in [1.165, 1.54) is 14.0 Å². The number of ketones is 1. The van der Waals surface area contributed by atoms with Gasteiger partial charge in [0.05, 0.1) is 13.0 Å². The molecule has 0 radical (unpaired) electrons. The van der Waals surface area contributed by atoms with E-state index in [-0.39, 0.29) is 31.9 Å². The average Bonchev–Trinajstić information content (AvgIpc) is 2.59. The van der Waals surface area contributed by atoms with Crippen LogP contribution in [-0.4, -0.2) is 61.4 Å². The number of carbonyl (C=O) groups excluding carboxylic acids is 1. The lowest BCUT2D eigenvalue weighted by molar-refractivity contribution is -0.187. The molecule has 0 spiro atoms. The number of rotatable bonds is 7. The normalized spacial score (nSPS) is 19.8. The van der Waals surface area contributed by atoms with Gasteiger partial charge in [0, 0.05) is 18.7 Å². The maximum absolute atomic E-state index is 12.8. The van der Waals surface area contributed by atoms with Gasteiger partial charge in [-0.2, -0.15) is 13.2 Å². The number of carbonyl (C=O) groups is 1. The molecule has 8 heteroatoms. The summed E-state index contributed by atoms with van der Waals surface area (Å²) in [6, 6.07) is 4.70. The van der Waals surface area contributed by atoms with Crippen LogP contribution in [0.5, 0.6) is 11.5 Å². The Hall–Kier alpha value is -1.80.